The van der Waals surface area contributed by atoms with Gasteiger partial charge >= 0.3 is 5.97 Å². The summed E-state index contributed by atoms with van der Waals surface area (Å²) in [5.74, 6) is -0.539. The van der Waals surface area contributed by atoms with Crippen LogP contribution in [0, 0.1) is 13.8 Å². The summed E-state index contributed by atoms with van der Waals surface area (Å²) in [7, 11) is 1.50. The first-order valence-corrected chi connectivity index (χ1v) is 8.51. The number of hydrogen-bond donors (Lipinski definition) is 2. The van der Waals surface area contributed by atoms with Crippen molar-refractivity contribution in [3.05, 3.63) is 46.8 Å². The maximum Gasteiger partial charge on any atom is 0.335 e. The van der Waals surface area contributed by atoms with Crippen LogP contribution in [-0.4, -0.2) is 40.4 Å². The average molecular weight is 359 g/mol. The van der Waals surface area contributed by atoms with Crippen molar-refractivity contribution in [2.45, 2.75) is 39.7 Å². The first kappa shape index (κ1) is 19.5. The number of nitrogens with one attached hydrogen (secondary N) is 1. The Morgan fingerprint density at radius 2 is 2.04 bits per heavy atom. The predicted octanol–water partition coefficient (Wildman–Crippen LogP) is 2.52. The number of carbonyl (C=O) groups excluding carboxylic acids is 1. The van der Waals surface area contributed by atoms with Crippen LogP contribution < -0.4 is 10.1 Å². The minimum Gasteiger partial charge on any atom is -0.496 e. The van der Waals surface area contributed by atoms with Gasteiger partial charge in [-0.1, -0.05) is 6.07 Å². The number of carbonyl (C=O) groups is 2. The Labute approximate surface area is 153 Å². The van der Waals surface area contributed by atoms with E-state index in [0.717, 1.165) is 17.0 Å². The molecule has 2 N–H and O–H groups in total. The fourth-order valence-corrected chi connectivity index (χ4v) is 2.94. The summed E-state index contributed by atoms with van der Waals surface area (Å²) in [6.07, 6.45) is 0.903. The molecule has 0 aliphatic heterocycles. The molecule has 0 saturated carbocycles. The molecule has 0 radical (unpaired) electrons. The molecule has 2 rings (SSSR count). The number of carboxylic acids is 1. The van der Waals surface area contributed by atoms with Crippen LogP contribution in [0.3, 0.4) is 0 Å². The highest BCUT2D eigenvalue weighted by molar-refractivity contribution is 5.88. The molecule has 0 saturated heterocycles. The zero-order valence-electron chi connectivity index (χ0n) is 15.6. The van der Waals surface area contributed by atoms with Crippen LogP contribution in [-0.2, 0) is 11.2 Å². The second-order valence-corrected chi connectivity index (χ2v) is 6.36. The van der Waals surface area contributed by atoms with Crippen LogP contribution in [0.5, 0.6) is 5.75 Å². The summed E-state index contributed by atoms with van der Waals surface area (Å²) in [6.45, 7) is 6.32. The fraction of sp³-hybridized carbons (Fsp3) is 0.421. The van der Waals surface area contributed by atoms with E-state index in [0.29, 0.717) is 25.1 Å². The second-order valence-electron chi connectivity index (χ2n) is 6.36. The van der Waals surface area contributed by atoms with Gasteiger partial charge in [-0.3, -0.25) is 9.48 Å². The Morgan fingerprint density at radius 1 is 1.31 bits per heavy atom. The Kier molecular flexibility index (Phi) is 6.38. The molecular weight excluding hydrogens is 334 g/mol. The van der Waals surface area contributed by atoms with Gasteiger partial charge in [0.25, 0.3) is 0 Å². The van der Waals surface area contributed by atoms with E-state index in [1.54, 1.807) is 6.07 Å². The van der Waals surface area contributed by atoms with E-state index in [1.807, 2.05) is 31.5 Å². The van der Waals surface area contributed by atoms with Crippen LogP contribution in [0.4, 0.5) is 0 Å². The van der Waals surface area contributed by atoms with Crippen molar-refractivity contribution >= 4 is 11.9 Å². The van der Waals surface area contributed by atoms with E-state index in [4.69, 9.17) is 9.84 Å². The number of nitrogens with zero attached hydrogens (tertiary/aromatic N) is 2. The van der Waals surface area contributed by atoms with Crippen molar-refractivity contribution in [3.63, 3.8) is 0 Å². The molecule has 2 aromatic rings. The maximum absolute atomic E-state index is 12.2. The van der Waals surface area contributed by atoms with E-state index in [-0.39, 0.29) is 17.5 Å². The first-order chi connectivity index (χ1) is 12.3. The molecule has 26 heavy (non-hydrogen) atoms. The van der Waals surface area contributed by atoms with Gasteiger partial charge in [-0.2, -0.15) is 5.10 Å². The van der Waals surface area contributed by atoms with E-state index in [2.05, 4.69) is 10.4 Å². The van der Waals surface area contributed by atoms with Crippen molar-refractivity contribution < 1.29 is 19.4 Å². The first-order valence-electron chi connectivity index (χ1n) is 8.51. The lowest BCUT2D eigenvalue weighted by atomic mass is 10.1. The van der Waals surface area contributed by atoms with Gasteiger partial charge in [-0.15, -0.1) is 0 Å². The van der Waals surface area contributed by atoms with Gasteiger partial charge in [0.1, 0.15) is 5.75 Å². The van der Waals surface area contributed by atoms with Gasteiger partial charge in [0.15, 0.2) is 0 Å². The molecule has 0 fully saturated rings. The summed E-state index contributed by atoms with van der Waals surface area (Å²) in [5.41, 5.74) is 3.00. The number of ether oxygens (including phenoxy) is 1. The number of amides is 1. The standard InChI is InChI=1S/C19H25N3O4/c1-12-9-13(2)22(21-12)14(3)10-18(23)20-8-7-15-5-6-16(19(24)25)11-17(15)26-4/h5-6,9,11,14H,7-8,10H2,1-4H3,(H,20,23)(H,24,25). The summed E-state index contributed by atoms with van der Waals surface area (Å²) in [4.78, 5) is 23.2. The molecule has 0 aliphatic rings. The van der Waals surface area contributed by atoms with Crippen molar-refractivity contribution in [2.75, 3.05) is 13.7 Å². The molecule has 7 nitrogen and oxygen atoms in total. The third-order valence-corrected chi connectivity index (χ3v) is 4.19. The fourth-order valence-electron chi connectivity index (χ4n) is 2.94. The number of methoxy groups -OCH3 is 1. The normalized spacial score (nSPS) is 11.8. The predicted molar refractivity (Wildman–Crippen MR) is 97.7 cm³/mol. The summed E-state index contributed by atoms with van der Waals surface area (Å²) < 4.78 is 7.11. The zero-order valence-corrected chi connectivity index (χ0v) is 15.6. The van der Waals surface area contributed by atoms with Gasteiger partial charge in [-0.25, -0.2) is 4.79 Å². The highest BCUT2D eigenvalue weighted by Gasteiger charge is 2.14. The molecule has 1 unspecified atom stereocenters. The number of aryl methyl sites for hydroxylation is 2. The smallest absolute Gasteiger partial charge is 0.335 e. The van der Waals surface area contributed by atoms with Crippen LogP contribution in [0.2, 0.25) is 0 Å². The molecule has 140 valence electrons. The molecule has 0 bridgehead atoms. The number of aromatic carboxylic acids is 1. The molecule has 1 amide bonds. The lowest BCUT2D eigenvalue weighted by Crippen LogP contribution is -2.28. The Bertz CT molecular complexity index is 798. The maximum atomic E-state index is 12.2. The largest absolute Gasteiger partial charge is 0.496 e. The van der Waals surface area contributed by atoms with Crippen LogP contribution in [0.25, 0.3) is 0 Å². The molecule has 0 spiro atoms. The minimum atomic E-state index is -0.999. The summed E-state index contributed by atoms with van der Waals surface area (Å²) >= 11 is 0. The van der Waals surface area contributed by atoms with Crippen molar-refractivity contribution in [3.8, 4) is 5.75 Å². The number of rotatable bonds is 8. The lowest BCUT2D eigenvalue weighted by Gasteiger charge is -2.15. The zero-order chi connectivity index (χ0) is 19.3. The Balaban J connectivity index is 1.88. The molecule has 1 atom stereocenters. The Morgan fingerprint density at radius 3 is 2.62 bits per heavy atom. The number of hydrogen-bond acceptors (Lipinski definition) is 4. The minimum absolute atomic E-state index is 0.0203. The highest BCUT2D eigenvalue weighted by Crippen LogP contribution is 2.21. The third kappa shape index (κ3) is 4.84. The van der Waals surface area contributed by atoms with Crippen molar-refractivity contribution in [1.29, 1.82) is 0 Å². The summed E-state index contributed by atoms with van der Waals surface area (Å²) in [5, 5.41) is 16.3. The monoisotopic (exact) mass is 359 g/mol. The summed E-state index contributed by atoms with van der Waals surface area (Å²) in [6, 6.07) is 6.71. The van der Waals surface area contributed by atoms with E-state index in [1.165, 1.54) is 19.2 Å². The van der Waals surface area contributed by atoms with E-state index >= 15 is 0 Å². The Hall–Kier alpha value is -2.83. The van der Waals surface area contributed by atoms with Crippen molar-refractivity contribution in [1.82, 2.24) is 15.1 Å². The third-order valence-electron chi connectivity index (χ3n) is 4.19. The number of benzene rings is 1. The van der Waals surface area contributed by atoms with Gasteiger partial charge in [0.2, 0.25) is 5.91 Å². The number of carboxylic acid groups (broad SMARTS) is 1. The van der Waals surface area contributed by atoms with Crippen LogP contribution in [0.15, 0.2) is 24.3 Å². The van der Waals surface area contributed by atoms with Crippen molar-refractivity contribution in [2.24, 2.45) is 0 Å². The molecular formula is C19H25N3O4. The van der Waals surface area contributed by atoms with Gasteiger partial charge in [-0.05, 0) is 51.0 Å². The van der Waals surface area contributed by atoms with Gasteiger partial charge in [0, 0.05) is 18.7 Å². The molecule has 1 aromatic heterocycles. The second kappa shape index (κ2) is 8.51. The van der Waals surface area contributed by atoms with E-state index < -0.39 is 5.97 Å². The molecule has 1 heterocycles. The SMILES string of the molecule is COc1cc(C(=O)O)ccc1CCNC(=O)CC(C)n1nc(C)cc1C. The highest BCUT2D eigenvalue weighted by atomic mass is 16.5. The number of aromatic nitrogens is 2. The average Bonchev–Trinajstić information content (AvgIpc) is 2.93. The lowest BCUT2D eigenvalue weighted by molar-refractivity contribution is -0.121. The topological polar surface area (TPSA) is 93.5 Å². The molecule has 7 heteroatoms. The quantitative estimate of drug-likeness (QED) is 0.755. The van der Waals surface area contributed by atoms with Gasteiger partial charge < -0.3 is 15.2 Å². The van der Waals surface area contributed by atoms with Gasteiger partial charge in [0.05, 0.1) is 24.4 Å². The molecule has 0 aliphatic carbocycles. The molecule has 1 aromatic carbocycles. The van der Waals surface area contributed by atoms with Crippen LogP contribution in [0.1, 0.15) is 46.7 Å². The van der Waals surface area contributed by atoms with Crippen LogP contribution >= 0.6 is 0 Å². The van der Waals surface area contributed by atoms with E-state index in [9.17, 15) is 9.59 Å².